The molecule has 0 bridgehead atoms. The van der Waals surface area contributed by atoms with Crippen molar-refractivity contribution in [2.45, 2.75) is 71.6 Å². The van der Waals surface area contributed by atoms with Crippen LogP contribution in [-0.2, 0) is 50.0 Å². The van der Waals surface area contributed by atoms with Gasteiger partial charge in [0.05, 0.1) is 18.8 Å². The van der Waals surface area contributed by atoms with Crippen LogP contribution in [0.4, 0.5) is 0 Å². The van der Waals surface area contributed by atoms with Crippen LogP contribution in [0, 0.1) is 5.92 Å². The number of aliphatic hydroxyl groups excluding tert-OH is 1. The van der Waals surface area contributed by atoms with Crippen LogP contribution in [0.1, 0.15) is 66.5 Å². The van der Waals surface area contributed by atoms with Gasteiger partial charge in [0, 0.05) is 44.6 Å². The average Bonchev–Trinajstić information content (AvgIpc) is 3.09. The number of hydrogen-bond donors (Lipinski definition) is 2. The number of nitrogens with one attached hydrogen (secondary N) is 1. The maximum atomic E-state index is 12.3. The second-order valence-electron chi connectivity index (χ2n) is 12.2. The van der Waals surface area contributed by atoms with Crippen LogP contribution in [0.5, 0.6) is 0 Å². The number of esters is 1. The molecule has 1 fully saturated rings. The maximum absolute atomic E-state index is 12.3. The monoisotopic (exact) mass is 636 g/mol. The Bertz CT molecular complexity index is 1520. The second kappa shape index (κ2) is 16.5. The zero-order valence-corrected chi connectivity index (χ0v) is 27.3. The zero-order chi connectivity index (χ0) is 33.2. The summed E-state index contributed by atoms with van der Waals surface area (Å²) in [5.74, 6) is -0.817. The lowest BCUT2D eigenvalue weighted by Crippen LogP contribution is -2.44. The minimum atomic E-state index is -0.860. The number of hydrogen-bond acceptors (Lipinski definition) is 7. The van der Waals surface area contributed by atoms with Gasteiger partial charge in [0.1, 0.15) is 0 Å². The van der Waals surface area contributed by atoms with Gasteiger partial charge in [-0.05, 0) is 34.7 Å². The van der Waals surface area contributed by atoms with Gasteiger partial charge in [-0.2, -0.15) is 0 Å². The topological polar surface area (TPSA) is 97.3 Å². The molecule has 8 heteroatoms. The molecule has 47 heavy (non-hydrogen) atoms. The minimum absolute atomic E-state index is 0.0148. The highest BCUT2D eigenvalue weighted by molar-refractivity contribution is 5.82. The standard InChI is InChI=1S/C39H44N2O6/c1-27-36(25-41(23-31-10-6-4-7-11-31)24-32-12-8-5-9-13-32)46-39(47-37(27)34-18-16-33(26-42)17-19-34)35-20-14-30(15-21-35)22-40-38(44)28(2)45-29(3)43/h4-21,27-28,36-37,39,42H,22-26H2,1-3H3,(H,40,44)/t27-,28+,36+,37+,39+/m1/s1. The molecule has 1 amide bonds. The molecular formula is C39H44N2O6. The first-order valence-corrected chi connectivity index (χ1v) is 16.1. The summed E-state index contributed by atoms with van der Waals surface area (Å²) in [7, 11) is 0. The van der Waals surface area contributed by atoms with Gasteiger partial charge < -0.3 is 24.6 Å². The van der Waals surface area contributed by atoms with E-state index in [9.17, 15) is 14.7 Å². The Morgan fingerprint density at radius 3 is 1.89 bits per heavy atom. The Balaban J connectivity index is 1.36. The summed E-state index contributed by atoms with van der Waals surface area (Å²) in [5.41, 5.74) is 6.13. The van der Waals surface area contributed by atoms with E-state index in [1.807, 2.05) is 60.7 Å². The fourth-order valence-electron chi connectivity index (χ4n) is 5.88. The first-order chi connectivity index (χ1) is 22.8. The lowest BCUT2D eigenvalue weighted by molar-refractivity contribution is -0.276. The van der Waals surface area contributed by atoms with Crippen LogP contribution in [0.25, 0.3) is 0 Å². The van der Waals surface area contributed by atoms with Crippen molar-refractivity contribution in [3.63, 3.8) is 0 Å². The Hall–Kier alpha value is -4.34. The van der Waals surface area contributed by atoms with E-state index in [4.69, 9.17) is 14.2 Å². The van der Waals surface area contributed by atoms with E-state index in [0.29, 0.717) is 13.1 Å². The van der Waals surface area contributed by atoms with Crippen LogP contribution in [0.15, 0.2) is 109 Å². The lowest BCUT2D eigenvalue weighted by Gasteiger charge is -2.43. The third-order valence-electron chi connectivity index (χ3n) is 8.49. The quantitative estimate of drug-likeness (QED) is 0.168. The fraction of sp³-hybridized carbons (Fsp3) is 0.333. The van der Waals surface area contributed by atoms with E-state index >= 15 is 0 Å². The first-order valence-electron chi connectivity index (χ1n) is 16.1. The smallest absolute Gasteiger partial charge is 0.303 e. The number of aliphatic hydroxyl groups is 1. The van der Waals surface area contributed by atoms with E-state index in [-0.39, 0.29) is 30.6 Å². The second-order valence-corrected chi connectivity index (χ2v) is 12.2. The van der Waals surface area contributed by atoms with Crippen molar-refractivity contribution in [1.29, 1.82) is 0 Å². The maximum Gasteiger partial charge on any atom is 0.303 e. The number of carbonyl (C=O) groups excluding carboxylic acids is 2. The van der Waals surface area contributed by atoms with Crippen molar-refractivity contribution in [3.8, 4) is 0 Å². The van der Waals surface area contributed by atoms with Crippen LogP contribution in [0.2, 0.25) is 0 Å². The summed E-state index contributed by atoms with van der Waals surface area (Å²) in [6.45, 7) is 7.54. The molecule has 4 aromatic carbocycles. The zero-order valence-electron chi connectivity index (χ0n) is 27.3. The molecule has 0 aromatic heterocycles. The average molecular weight is 637 g/mol. The number of rotatable bonds is 13. The van der Waals surface area contributed by atoms with Gasteiger partial charge in [-0.3, -0.25) is 14.5 Å². The van der Waals surface area contributed by atoms with Crippen molar-refractivity contribution in [2.75, 3.05) is 6.54 Å². The number of nitrogens with zero attached hydrogens (tertiary/aromatic N) is 1. The van der Waals surface area contributed by atoms with Gasteiger partial charge in [-0.15, -0.1) is 0 Å². The molecule has 0 radical (unpaired) electrons. The molecule has 2 N–H and O–H groups in total. The van der Waals surface area contributed by atoms with E-state index < -0.39 is 18.4 Å². The van der Waals surface area contributed by atoms with E-state index in [0.717, 1.165) is 35.3 Å². The van der Waals surface area contributed by atoms with E-state index in [1.165, 1.54) is 18.1 Å². The molecule has 8 nitrogen and oxygen atoms in total. The summed E-state index contributed by atoms with van der Waals surface area (Å²) in [6.07, 6.45) is -1.85. The van der Waals surface area contributed by atoms with Crippen LogP contribution >= 0.6 is 0 Å². The molecular weight excluding hydrogens is 592 g/mol. The predicted molar refractivity (Wildman–Crippen MR) is 179 cm³/mol. The van der Waals surface area contributed by atoms with Gasteiger partial charge in [0.2, 0.25) is 0 Å². The number of benzene rings is 4. The SMILES string of the molecule is CC(=O)O[C@@H](C)C(=O)NCc1ccc([C@H]2O[C@@H](CN(Cc3ccccc3)Cc3ccccc3)[C@@H](C)[C@@H](c3ccc(CO)cc3)O2)cc1. The molecule has 5 rings (SSSR count). The number of carbonyl (C=O) groups is 2. The summed E-state index contributed by atoms with van der Waals surface area (Å²) in [6, 6.07) is 36.7. The Morgan fingerprint density at radius 2 is 1.34 bits per heavy atom. The summed E-state index contributed by atoms with van der Waals surface area (Å²) < 4.78 is 18.4. The number of ether oxygens (including phenoxy) is 3. The third-order valence-corrected chi connectivity index (χ3v) is 8.49. The molecule has 0 saturated carbocycles. The van der Waals surface area contributed by atoms with Crippen molar-refractivity contribution in [2.24, 2.45) is 5.92 Å². The van der Waals surface area contributed by atoms with Crippen LogP contribution in [-0.4, -0.2) is 40.6 Å². The molecule has 1 aliphatic rings. The highest BCUT2D eigenvalue weighted by atomic mass is 16.7. The highest BCUT2D eigenvalue weighted by Gasteiger charge is 2.39. The van der Waals surface area contributed by atoms with Gasteiger partial charge >= 0.3 is 5.97 Å². The molecule has 0 unspecified atom stereocenters. The predicted octanol–water partition coefficient (Wildman–Crippen LogP) is 6.24. The molecule has 1 heterocycles. The molecule has 0 aliphatic carbocycles. The summed E-state index contributed by atoms with van der Waals surface area (Å²) in [5, 5.41) is 12.4. The Labute approximate surface area is 277 Å². The van der Waals surface area contributed by atoms with Gasteiger partial charge in [0.15, 0.2) is 12.4 Å². The molecule has 246 valence electrons. The van der Waals surface area contributed by atoms with Crippen molar-refractivity contribution in [3.05, 3.63) is 143 Å². The van der Waals surface area contributed by atoms with Crippen molar-refractivity contribution in [1.82, 2.24) is 10.2 Å². The summed E-state index contributed by atoms with van der Waals surface area (Å²) >= 11 is 0. The van der Waals surface area contributed by atoms with E-state index in [1.54, 1.807) is 6.92 Å². The molecule has 1 aliphatic heterocycles. The Kier molecular flexibility index (Phi) is 11.9. The highest BCUT2D eigenvalue weighted by Crippen LogP contribution is 2.42. The van der Waals surface area contributed by atoms with Gasteiger partial charge in [-0.25, -0.2) is 0 Å². The molecule has 4 aromatic rings. The first kappa shape index (κ1) is 34.0. The molecule has 1 saturated heterocycles. The molecule has 0 spiro atoms. The fourth-order valence-corrected chi connectivity index (χ4v) is 5.88. The van der Waals surface area contributed by atoms with E-state index in [2.05, 4.69) is 65.7 Å². The Morgan fingerprint density at radius 1 is 0.787 bits per heavy atom. The summed E-state index contributed by atoms with van der Waals surface area (Å²) in [4.78, 5) is 25.9. The number of amides is 1. The van der Waals surface area contributed by atoms with Gasteiger partial charge in [-0.1, -0.05) is 116 Å². The largest absolute Gasteiger partial charge is 0.453 e. The van der Waals surface area contributed by atoms with Crippen LogP contribution < -0.4 is 5.32 Å². The lowest BCUT2D eigenvalue weighted by atomic mass is 9.89. The van der Waals surface area contributed by atoms with Gasteiger partial charge in [0.25, 0.3) is 5.91 Å². The minimum Gasteiger partial charge on any atom is -0.453 e. The van der Waals surface area contributed by atoms with Crippen LogP contribution in [0.3, 0.4) is 0 Å². The van der Waals surface area contributed by atoms with Crippen molar-refractivity contribution >= 4 is 11.9 Å². The third kappa shape index (κ3) is 9.59. The molecule has 5 atom stereocenters. The van der Waals surface area contributed by atoms with Crippen molar-refractivity contribution < 1.29 is 28.9 Å². The normalized spacial score (nSPS) is 20.0.